The molecular weight excluding hydrogens is 322 g/mol. The van der Waals surface area contributed by atoms with E-state index in [1.165, 1.54) is 4.90 Å². The Morgan fingerprint density at radius 3 is 2.75 bits per heavy atom. The molecular formula is C18H23N3O2S. The summed E-state index contributed by atoms with van der Waals surface area (Å²) in [5.41, 5.74) is 1.04. The lowest BCUT2D eigenvalue weighted by Crippen LogP contribution is -2.32. The van der Waals surface area contributed by atoms with Crippen molar-refractivity contribution < 1.29 is 9.32 Å². The van der Waals surface area contributed by atoms with Crippen LogP contribution in [-0.2, 0) is 11.2 Å². The van der Waals surface area contributed by atoms with Crippen molar-refractivity contribution in [2.45, 2.75) is 56.2 Å². The number of hydrogen-bond acceptors (Lipinski definition) is 5. The van der Waals surface area contributed by atoms with Gasteiger partial charge >= 0.3 is 0 Å². The van der Waals surface area contributed by atoms with Gasteiger partial charge in [0.1, 0.15) is 6.04 Å². The third-order valence-electron chi connectivity index (χ3n) is 4.05. The Kier molecular flexibility index (Phi) is 5.23. The van der Waals surface area contributed by atoms with Crippen molar-refractivity contribution in [3.05, 3.63) is 41.5 Å². The number of rotatable bonds is 5. The van der Waals surface area contributed by atoms with E-state index >= 15 is 0 Å². The predicted octanol–water partition coefficient (Wildman–Crippen LogP) is 3.78. The van der Waals surface area contributed by atoms with Gasteiger partial charge in [-0.05, 0) is 37.5 Å². The Bertz CT molecular complexity index is 697. The zero-order valence-corrected chi connectivity index (χ0v) is 15.2. The van der Waals surface area contributed by atoms with Gasteiger partial charge in [-0.3, -0.25) is 4.79 Å². The molecule has 3 rings (SSSR count). The van der Waals surface area contributed by atoms with Crippen LogP contribution in [-0.4, -0.2) is 32.7 Å². The molecule has 0 spiro atoms. The van der Waals surface area contributed by atoms with Crippen molar-refractivity contribution in [3.63, 3.8) is 0 Å². The van der Waals surface area contributed by atoms with Crippen LogP contribution in [0.4, 0.5) is 0 Å². The van der Waals surface area contributed by atoms with Crippen molar-refractivity contribution in [1.29, 1.82) is 0 Å². The topological polar surface area (TPSA) is 59.2 Å². The van der Waals surface area contributed by atoms with Crippen LogP contribution in [0.5, 0.6) is 0 Å². The van der Waals surface area contributed by atoms with Crippen molar-refractivity contribution in [1.82, 2.24) is 15.0 Å². The molecule has 2 heterocycles. The maximum absolute atomic E-state index is 12.7. The van der Waals surface area contributed by atoms with Crippen LogP contribution in [0.25, 0.3) is 0 Å². The lowest BCUT2D eigenvalue weighted by Gasteiger charge is -2.22. The van der Waals surface area contributed by atoms with E-state index in [-0.39, 0.29) is 11.9 Å². The zero-order chi connectivity index (χ0) is 17.1. The van der Waals surface area contributed by atoms with Gasteiger partial charge in [0, 0.05) is 16.7 Å². The average molecular weight is 345 g/mol. The molecule has 5 nitrogen and oxygen atoms in total. The monoisotopic (exact) mass is 345 g/mol. The molecule has 0 bridgehead atoms. The summed E-state index contributed by atoms with van der Waals surface area (Å²) in [6.45, 7) is 6.90. The van der Waals surface area contributed by atoms with Gasteiger partial charge in [-0.25, -0.2) is 0 Å². The first kappa shape index (κ1) is 17.0. The van der Waals surface area contributed by atoms with E-state index in [4.69, 9.17) is 4.52 Å². The van der Waals surface area contributed by atoms with Crippen LogP contribution < -0.4 is 0 Å². The molecule has 1 unspecified atom stereocenters. The van der Waals surface area contributed by atoms with Crippen molar-refractivity contribution in [2.24, 2.45) is 0 Å². The van der Waals surface area contributed by atoms with Gasteiger partial charge in [0.15, 0.2) is 5.82 Å². The Labute approximate surface area is 146 Å². The number of nitrogens with zero attached hydrogens (tertiary/aromatic N) is 3. The number of aromatic nitrogens is 2. The first-order valence-electron chi connectivity index (χ1n) is 8.38. The molecule has 6 heteroatoms. The highest BCUT2D eigenvalue weighted by Gasteiger charge is 2.33. The third kappa shape index (κ3) is 3.98. The predicted molar refractivity (Wildman–Crippen MR) is 93.9 cm³/mol. The van der Waals surface area contributed by atoms with Crippen molar-refractivity contribution in [3.8, 4) is 0 Å². The minimum Gasteiger partial charge on any atom is -0.337 e. The first-order chi connectivity index (χ1) is 11.5. The fourth-order valence-electron chi connectivity index (χ4n) is 3.00. The molecule has 0 N–H and O–H groups in total. The summed E-state index contributed by atoms with van der Waals surface area (Å²) in [5, 5.41) is 4.40. The van der Waals surface area contributed by atoms with Gasteiger partial charge in [0.05, 0.1) is 6.42 Å². The van der Waals surface area contributed by atoms with Crippen LogP contribution in [0.15, 0.2) is 33.7 Å². The molecule has 24 heavy (non-hydrogen) atoms. The van der Waals surface area contributed by atoms with E-state index in [0.29, 0.717) is 23.4 Å². The first-order valence-corrected chi connectivity index (χ1v) is 9.26. The van der Waals surface area contributed by atoms with Crippen molar-refractivity contribution >= 4 is 17.7 Å². The molecule has 128 valence electrons. The molecule has 1 amide bonds. The van der Waals surface area contributed by atoms with Crippen LogP contribution >= 0.6 is 11.8 Å². The molecule has 1 aromatic heterocycles. The van der Waals surface area contributed by atoms with Crippen LogP contribution in [0.3, 0.4) is 0 Å². The number of benzene rings is 1. The van der Waals surface area contributed by atoms with Crippen LogP contribution in [0.2, 0.25) is 0 Å². The second-order valence-electron chi connectivity index (χ2n) is 6.41. The molecule has 0 radical (unpaired) electrons. The SMILES string of the molecule is Cc1noc(C2CCCN2C(=O)Cc2ccc(SC(C)C)cc2)n1. The lowest BCUT2D eigenvalue weighted by atomic mass is 10.1. The number of likely N-dealkylation sites (tertiary alicyclic amines) is 1. The van der Waals surface area contributed by atoms with Gasteiger partial charge in [0.2, 0.25) is 11.8 Å². The largest absolute Gasteiger partial charge is 0.337 e. The highest BCUT2D eigenvalue weighted by molar-refractivity contribution is 7.99. The van der Waals surface area contributed by atoms with Crippen LogP contribution in [0, 0.1) is 6.92 Å². The molecule has 1 atom stereocenters. The smallest absolute Gasteiger partial charge is 0.249 e. The normalized spacial score (nSPS) is 17.7. The summed E-state index contributed by atoms with van der Waals surface area (Å²) in [4.78, 5) is 20.1. The highest BCUT2D eigenvalue weighted by atomic mass is 32.2. The maximum Gasteiger partial charge on any atom is 0.249 e. The zero-order valence-electron chi connectivity index (χ0n) is 14.4. The van der Waals surface area contributed by atoms with E-state index in [0.717, 1.165) is 24.9 Å². The molecule has 0 aliphatic carbocycles. The Morgan fingerprint density at radius 1 is 1.38 bits per heavy atom. The molecule has 0 saturated carbocycles. The molecule has 1 saturated heterocycles. The van der Waals surface area contributed by atoms with E-state index in [9.17, 15) is 4.79 Å². The minimum absolute atomic E-state index is 0.0746. The van der Waals surface area contributed by atoms with Gasteiger partial charge in [-0.15, -0.1) is 11.8 Å². The Hall–Kier alpha value is -1.82. The molecule has 1 fully saturated rings. The molecule has 1 aliphatic heterocycles. The van der Waals surface area contributed by atoms with Gasteiger partial charge in [-0.1, -0.05) is 31.1 Å². The summed E-state index contributed by atoms with van der Waals surface area (Å²) in [6, 6.07) is 8.20. The van der Waals surface area contributed by atoms with E-state index in [1.54, 1.807) is 6.92 Å². The molecule has 1 aromatic carbocycles. The summed E-state index contributed by atoms with van der Waals surface area (Å²) in [5.74, 6) is 1.29. The number of hydrogen-bond donors (Lipinski definition) is 0. The lowest BCUT2D eigenvalue weighted by molar-refractivity contribution is -0.131. The minimum atomic E-state index is -0.0746. The van der Waals surface area contributed by atoms with E-state index in [1.807, 2.05) is 28.8 Å². The van der Waals surface area contributed by atoms with E-state index in [2.05, 4.69) is 36.1 Å². The fraction of sp³-hybridized carbons (Fsp3) is 0.500. The Morgan fingerprint density at radius 2 is 2.12 bits per heavy atom. The van der Waals surface area contributed by atoms with Gasteiger partial charge < -0.3 is 9.42 Å². The Balaban J connectivity index is 1.65. The maximum atomic E-state index is 12.7. The highest BCUT2D eigenvalue weighted by Crippen LogP contribution is 2.31. The second-order valence-corrected chi connectivity index (χ2v) is 8.06. The number of carbonyl (C=O) groups excluding carboxylic acids is 1. The number of thioether (sulfide) groups is 1. The number of amides is 1. The summed E-state index contributed by atoms with van der Waals surface area (Å²) >= 11 is 1.83. The number of carbonyl (C=O) groups is 1. The van der Waals surface area contributed by atoms with Gasteiger partial charge in [-0.2, -0.15) is 4.98 Å². The van der Waals surface area contributed by atoms with Gasteiger partial charge in [0.25, 0.3) is 0 Å². The fourth-order valence-corrected chi connectivity index (χ4v) is 3.84. The second kappa shape index (κ2) is 7.38. The third-order valence-corrected chi connectivity index (χ3v) is 5.07. The standard InChI is InChI=1S/C18H23N3O2S/c1-12(2)24-15-8-6-14(7-9-15)11-17(22)21-10-4-5-16(21)18-19-13(3)20-23-18/h6-9,12,16H,4-5,10-11H2,1-3H3. The number of aryl methyl sites for hydroxylation is 1. The molecule has 1 aliphatic rings. The molecule has 2 aromatic rings. The quantitative estimate of drug-likeness (QED) is 0.772. The summed E-state index contributed by atoms with van der Waals surface area (Å²) in [7, 11) is 0. The van der Waals surface area contributed by atoms with Crippen molar-refractivity contribution in [2.75, 3.05) is 6.54 Å². The average Bonchev–Trinajstić information content (AvgIpc) is 3.17. The summed E-state index contributed by atoms with van der Waals surface area (Å²) in [6.07, 6.45) is 2.27. The van der Waals surface area contributed by atoms with Crippen LogP contribution in [0.1, 0.15) is 50.0 Å². The summed E-state index contributed by atoms with van der Waals surface area (Å²) < 4.78 is 5.27. The van der Waals surface area contributed by atoms with E-state index < -0.39 is 0 Å².